The lowest BCUT2D eigenvalue weighted by Gasteiger charge is -2.30. The van der Waals surface area contributed by atoms with Crippen LogP contribution in [-0.4, -0.2) is 65.0 Å². The average molecular weight is 593 g/mol. The topological polar surface area (TPSA) is 150 Å². The Bertz CT molecular complexity index is 1090. The van der Waals surface area contributed by atoms with E-state index in [4.69, 9.17) is 9.26 Å². The van der Waals surface area contributed by atoms with E-state index in [9.17, 15) is 34.0 Å². The maximum atomic E-state index is 14.2. The number of nitrogens with zero attached hydrogens (tertiary/aromatic N) is 1. The molecular formula is C30H43NO9P-. The number of aryl methyl sites for hydroxylation is 1. The van der Waals surface area contributed by atoms with E-state index in [1.807, 2.05) is 30.3 Å². The number of carboxylic acid groups (broad SMARTS) is 2. The van der Waals surface area contributed by atoms with E-state index in [2.05, 4.69) is 0 Å². The first-order valence-electron chi connectivity index (χ1n) is 14.7. The Labute approximate surface area is 242 Å². The van der Waals surface area contributed by atoms with Crippen LogP contribution in [-0.2, 0) is 39.4 Å². The van der Waals surface area contributed by atoms with Gasteiger partial charge in [-0.25, -0.2) is 4.79 Å². The van der Waals surface area contributed by atoms with Gasteiger partial charge in [0.15, 0.2) is 0 Å². The maximum Gasteiger partial charge on any atom is 0.326 e. The number of likely N-dealkylation sites (tertiary alicyclic amines) is 1. The van der Waals surface area contributed by atoms with Crippen molar-refractivity contribution in [3.8, 4) is 0 Å². The Hall–Kier alpha value is -2.71. The van der Waals surface area contributed by atoms with Crippen molar-refractivity contribution in [1.29, 1.82) is 0 Å². The van der Waals surface area contributed by atoms with Gasteiger partial charge in [-0.3, -0.25) is 18.7 Å². The first-order valence-corrected chi connectivity index (χ1v) is 16.7. The van der Waals surface area contributed by atoms with E-state index < -0.39 is 62.0 Å². The van der Waals surface area contributed by atoms with Crippen molar-refractivity contribution in [2.75, 3.05) is 18.9 Å². The van der Waals surface area contributed by atoms with E-state index in [1.54, 1.807) is 13.8 Å². The summed E-state index contributed by atoms with van der Waals surface area (Å²) in [5.74, 6) is -4.36. The molecule has 11 heteroatoms. The van der Waals surface area contributed by atoms with Crippen molar-refractivity contribution >= 4 is 31.2 Å². The standard InChI is InChI=1S/C30H44NO9P/c1-21(2)30(39-28(35)18-27(33)34)40-41(38,16-10-9-13-22-11-5-3-6-12-22)20-26(32)31-19-24(17-25(31)29(36)37)23-14-7-4-8-15-23/h3,5-6,11-12,21,23-25,30H,4,7-10,13-20H2,1-2H3,(H,33,34)(H,36,37)/p-1/t24-,25+,30?,41?/m1/s1. The fourth-order valence-corrected chi connectivity index (χ4v) is 8.18. The molecule has 0 bridgehead atoms. The van der Waals surface area contributed by atoms with Gasteiger partial charge in [-0.2, -0.15) is 0 Å². The summed E-state index contributed by atoms with van der Waals surface area (Å²) in [5.41, 5.74) is 1.12. The van der Waals surface area contributed by atoms with Crippen LogP contribution in [0, 0.1) is 17.8 Å². The van der Waals surface area contributed by atoms with Gasteiger partial charge in [0.05, 0.1) is 12.4 Å². The number of unbranched alkanes of at least 4 members (excludes halogenated alkanes) is 1. The average Bonchev–Trinajstić information content (AvgIpc) is 3.38. The zero-order chi connectivity index (χ0) is 30.0. The number of benzene rings is 1. The molecule has 1 heterocycles. The van der Waals surface area contributed by atoms with Crippen LogP contribution < -0.4 is 5.11 Å². The molecule has 0 radical (unpaired) electrons. The fraction of sp³-hybridized carbons (Fsp3) is 0.667. The molecule has 1 saturated heterocycles. The third-order valence-electron chi connectivity index (χ3n) is 8.07. The third-order valence-corrected chi connectivity index (χ3v) is 10.4. The highest BCUT2D eigenvalue weighted by atomic mass is 31.2. The molecule has 1 aromatic rings. The number of carboxylic acids is 2. The van der Waals surface area contributed by atoms with Crippen molar-refractivity contribution in [2.24, 2.45) is 17.8 Å². The number of aliphatic carboxylic acids is 2. The van der Waals surface area contributed by atoms with Crippen LogP contribution in [0.1, 0.15) is 77.2 Å². The molecule has 4 atom stereocenters. The number of carbonyl (C=O) groups excluding carboxylic acids is 3. The highest BCUT2D eigenvalue weighted by molar-refractivity contribution is 7.59. The van der Waals surface area contributed by atoms with Crippen molar-refractivity contribution in [3.63, 3.8) is 0 Å². The van der Waals surface area contributed by atoms with Crippen LogP contribution >= 0.6 is 7.37 Å². The highest BCUT2D eigenvalue weighted by Gasteiger charge is 2.44. The molecule has 228 valence electrons. The van der Waals surface area contributed by atoms with Gasteiger partial charge in [0.1, 0.15) is 12.2 Å². The summed E-state index contributed by atoms with van der Waals surface area (Å²) >= 11 is 0. The molecule has 0 aromatic heterocycles. The van der Waals surface area contributed by atoms with Gasteiger partial charge in [0, 0.05) is 18.6 Å². The van der Waals surface area contributed by atoms with Crippen LogP contribution in [0.2, 0.25) is 0 Å². The number of hydrogen-bond donors (Lipinski definition) is 1. The molecule has 0 spiro atoms. The van der Waals surface area contributed by atoms with Gasteiger partial charge in [-0.15, -0.1) is 0 Å². The second kappa shape index (κ2) is 15.5. The Balaban J connectivity index is 1.74. The number of rotatable bonds is 15. The van der Waals surface area contributed by atoms with Crippen molar-refractivity contribution in [1.82, 2.24) is 4.90 Å². The van der Waals surface area contributed by atoms with Gasteiger partial charge in [0.2, 0.25) is 19.6 Å². The summed E-state index contributed by atoms with van der Waals surface area (Å²) in [7, 11) is -3.78. The normalized spacial score (nSPS) is 21.8. The molecule has 3 rings (SSSR count). The minimum Gasteiger partial charge on any atom is -0.550 e. The second-order valence-corrected chi connectivity index (χ2v) is 14.3. The predicted octanol–water partition coefficient (Wildman–Crippen LogP) is 3.85. The Kier molecular flexibility index (Phi) is 12.4. The Morgan fingerprint density at radius 2 is 1.73 bits per heavy atom. The van der Waals surface area contributed by atoms with Crippen molar-refractivity contribution < 1.29 is 43.2 Å². The monoisotopic (exact) mass is 592 g/mol. The molecule has 1 aliphatic heterocycles. The molecule has 1 N–H and O–H groups in total. The minimum atomic E-state index is -3.78. The molecule has 1 amide bonds. The number of hydrogen-bond acceptors (Lipinski definition) is 8. The lowest BCUT2D eigenvalue weighted by atomic mass is 9.79. The predicted molar refractivity (Wildman–Crippen MR) is 150 cm³/mol. The summed E-state index contributed by atoms with van der Waals surface area (Å²) in [4.78, 5) is 50.0. The molecule has 2 unspecified atom stereocenters. The largest absolute Gasteiger partial charge is 0.550 e. The summed E-state index contributed by atoms with van der Waals surface area (Å²) in [6, 6.07) is 8.80. The third kappa shape index (κ3) is 10.3. The SMILES string of the molecule is CC(C)C(OC(=O)CC(=O)[O-])OP(=O)(CCCCc1ccccc1)CC(=O)N1C[C@H](C2CCCCC2)C[C@H]1C(=O)O. The zero-order valence-corrected chi connectivity index (χ0v) is 25.0. The lowest BCUT2D eigenvalue weighted by Crippen LogP contribution is -2.42. The van der Waals surface area contributed by atoms with Crippen LogP contribution in [0.4, 0.5) is 0 Å². The molecule has 10 nitrogen and oxygen atoms in total. The molecule has 1 saturated carbocycles. The second-order valence-electron chi connectivity index (χ2n) is 11.7. The molecule has 41 heavy (non-hydrogen) atoms. The number of amides is 1. The molecular weight excluding hydrogens is 549 g/mol. The first kappa shape index (κ1) is 32.8. The Morgan fingerprint density at radius 1 is 1.05 bits per heavy atom. The van der Waals surface area contributed by atoms with E-state index in [1.165, 1.54) is 11.3 Å². The van der Waals surface area contributed by atoms with Gasteiger partial charge in [-0.05, 0) is 43.1 Å². The number of carbonyl (C=O) groups is 4. The highest BCUT2D eigenvalue weighted by Crippen LogP contribution is 2.51. The smallest absolute Gasteiger partial charge is 0.326 e. The Morgan fingerprint density at radius 3 is 2.34 bits per heavy atom. The van der Waals surface area contributed by atoms with Crippen LogP contribution in [0.5, 0.6) is 0 Å². The van der Waals surface area contributed by atoms with E-state index in [-0.39, 0.29) is 12.1 Å². The summed E-state index contributed by atoms with van der Waals surface area (Å²) in [6.07, 6.45) is 4.88. The van der Waals surface area contributed by atoms with Gasteiger partial charge in [-0.1, -0.05) is 76.3 Å². The maximum absolute atomic E-state index is 14.2. The quantitative estimate of drug-likeness (QED) is 0.105. The molecule has 1 aromatic carbocycles. The first-order chi connectivity index (χ1) is 19.5. The summed E-state index contributed by atoms with van der Waals surface area (Å²) in [5, 5.41) is 20.8. The molecule has 2 aliphatic rings. The van der Waals surface area contributed by atoms with Gasteiger partial charge < -0.3 is 24.6 Å². The van der Waals surface area contributed by atoms with E-state index in [0.29, 0.717) is 31.7 Å². The van der Waals surface area contributed by atoms with Crippen molar-refractivity contribution in [3.05, 3.63) is 35.9 Å². The molecule has 2 fully saturated rings. The lowest BCUT2D eigenvalue weighted by molar-refractivity contribution is -0.305. The van der Waals surface area contributed by atoms with E-state index in [0.717, 1.165) is 37.7 Å². The van der Waals surface area contributed by atoms with E-state index >= 15 is 0 Å². The van der Waals surface area contributed by atoms with Crippen LogP contribution in [0.25, 0.3) is 0 Å². The summed E-state index contributed by atoms with van der Waals surface area (Å²) in [6.45, 7) is 3.63. The van der Waals surface area contributed by atoms with Gasteiger partial charge in [0.25, 0.3) is 0 Å². The van der Waals surface area contributed by atoms with Gasteiger partial charge >= 0.3 is 11.9 Å². The number of esters is 1. The fourth-order valence-electron chi connectivity index (χ4n) is 5.88. The van der Waals surface area contributed by atoms with Crippen LogP contribution in [0.3, 0.4) is 0 Å². The summed E-state index contributed by atoms with van der Waals surface area (Å²) < 4.78 is 25.3. The number of ether oxygens (including phenoxy) is 1. The molecule has 1 aliphatic carbocycles. The minimum absolute atomic E-state index is 0.0322. The zero-order valence-electron chi connectivity index (χ0n) is 24.1. The van der Waals surface area contributed by atoms with Crippen molar-refractivity contribution in [2.45, 2.75) is 90.4 Å². The van der Waals surface area contributed by atoms with Crippen LogP contribution in [0.15, 0.2) is 30.3 Å².